The van der Waals surface area contributed by atoms with Crippen molar-refractivity contribution in [3.05, 3.63) is 41.5 Å². The fourth-order valence-electron chi connectivity index (χ4n) is 1.87. The zero-order valence-corrected chi connectivity index (χ0v) is 11.4. The predicted molar refractivity (Wildman–Crippen MR) is 73.0 cm³/mol. The number of carbonyl (C=O) groups excluding carboxylic acids is 1. The van der Waals surface area contributed by atoms with Crippen LogP contribution < -0.4 is 4.74 Å². The number of rotatable bonds is 7. The lowest BCUT2D eigenvalue weighted by molar-refractivity contribution is -0.134. The number of carbonyl (C=O) groups is 1. The molecule has 0 unspecified atom stereocenters. The summed E-state index contributed by atoms with van der Waals surface area (Å²) in [6, 6.07) is 5.74. The van der Waals surface area contributed by atoms with Gasteiger partial charge in [0.2, 0.25) is 0 Å². The Morgan fingerprint density at radius 3 is 2.79 bits per heavy atom. The molecule has 0 heterocycles. The van der Waals surface area contributed by atoms with Crippen LogP contribution in [0.5, 0.6) is 5.75 Å². The largest absolute Gasteiger partial charge is 0.496 e. The van der Waals surface area contributed by atoms with E-state index in [0.717, 1.165) is 30.4 Å². The van der Waals surface area contributed by atoms with Crippen LogP contribution in [0.15, 0.2) is 30.4 Å². The number of aliphatic hydroxyl groups is 1. The third kappa shape index (κ3) is 4.75. The molecule has 1 rings (SSSR count). The second-order valence-electron chi connectivity index (χ2n) is 4.07. The van der Waals surface area contributed by atoms with Gasteiger partial charge in [-0.15, -0.1) is 0 Å². The molecule has 0 amide bonds. The van der Waals surface area contributed by atoms with Gasteiger partial charge in [0.15, 0.2) is 0 Å². The number of esters is 1. The van der Waals surface area contributed by atoms with Crippen molar-refractivity contribution in [2.24, 2.45) is 0 Å². The smallest absolute Gasteiger partial charge is 0.330 e. The van der Waals surface area contributed by atoms with E-state index in [1.54, 1.807) is 13.2 Å². The topological polar surface area (TPSA) is 55.8 Å². The molecule has 1 aromatic carbocycles. The zero-order chi connectivity index (χ0) is 14.1. The Hall–Kier alpha value is -1.81. The Kier molecular flexibility index (Phi) is 6.68. The third-order valence-electron chi connectivity index (χ3n) is 2.88. The summed E-state index contributed by atoms with van der Waals surface area (Å²) in [4.78, 5) is 10.9. The average molecular weight is 264 g/mol. The molecule has 104 valence electrons. The molecule has 0 fully saturated rings. The van der Waals surface area contributed by atoms with Crippen molar-refractivity contribution in [1.82, 2.24) is 0 Å². The number of allylic oxidation sites excluding steroid dienone is 1. The minimum atomic E-state index is -0.336. The number of aryl methyl sites for hydroxylation is 1. The third-order valence-corrected chi connectivity index (χ3v) is 2.88. The van der Waals surface area contributed by atoms with E-state index in [1.165, 1.54) is 13.2 Å². The van der Waals surface area contributed by atoms with Gasteiger partial charge >= 0.3 is 5.97 Å². The van der Waals surface area contributed by atoms with Crippen molar-refractivity contribution in [1.29, 1.82) is 0 Å². The Morgan fingerprint density at radius 1 is 1.37 bits per heavy atom. The van der Waals surface area contributed by atoms with E-state index in [2.05, 4.69) is 4.74 Å². The number of aliphatic hydroxyl groups excluding tert-OH is 1. The van der Waals surface area contributed by atoms with E-state index in [-0.39, 0.29) is 12.6 Å². The van der Waals surface area contributed by atoms with Crippen LogP contribution in [0, 0.1) is 0 Å². The SMILES string of the molecule is COC(=O)/C=C/CCCc1cccc(OC)c1CO. The Bertz CT molecular complexity index is 438. The lowest BCUT2D eigenvalue weighted by Crippen LogP contribution is -1.98. The molecular formula is C15H20O4. The monoisotopic (exact) mass is 264 g/mol. The molecule has 0 aliphatic carbocycles. The van der Waals surface area contributed by atoms with Crippen molar-refractivity contribution in [3.8, 4) is 5.75 Å². The Labute approximate surface area is 113 Å². The summed E-state index contributed by atoms with van der Waals surface area (Å²) >= 11 is 0. The quantitative estimate of drug-likeness (QED) is 0.466. The van der Waals surface area contributed by atoms with Gasteiger partial charge in [0.05, 0.1) is 20.8 Å². The number of hydrogen-bond acceptors (Lipinski definition) is 4. The molecule has 4 nitrogen and oxygen atoms in total. The first kappa shape index (κ1) is 15.2. The summed E-state index contributed by atoms with van der Waals surface area (Å²) in [6.07, 6.45) is 5.74. The molecule has 0 radical (unpaired) electrons. The maximum atomic E-state index is 10.9. The van der Waals surface area contributed by atoms with Gasteiger partial charge in [0.25, 0.3) is 0 Å². The Balaban J connectivity index is 2.54. The summed E-state index contributed by atoms with van der Waals surface area (Å²) in [5.41, 5.74) is 1.91. The van der Waals surface area contributed by atoms with E-state index < -0.39 is 0 Å². The second kappa shape index (κ2) is 8.32. The first-order valence-corrected chi connectivity index (χ1v) is 6.23. The number of hydrogen-bond donors (Lipinski definition) is 1. The number of methoxy groups -OCH3 is 2. The highest BCUT2D eigenvalue weighted by Gasteiger charge is 2.07. The lowest BCUT2D eigenvalue weighted by Gasteiger charge is -2.11. The molecule has 0 spiro atoms. The van der Waals surface area contributed by atoms with E-state index >= 15 is 0 Å². The van der Waals surface area contributed by atoms with E-state index in [0.29, 0.717) is 5.75 Å². The molecule has 4 heteroatoms. The zero-order valence-electron chi connectivity index (χ0n) is 11.4. The molecule has 1 N–H and O–H groups in total. The van der Waals surface area contributed by atoms with E-state index in [1.807, 2.05) is 18.2 Å². The average Bonchev–Trinajstić information content (AvgIpc) is 2.45. The summed E-state index contributed by atoms with van der Waals surface area (Å²) in [5, 5.41) is 9.38. The molecule has 0 aliphatic heterocycles. The van der Waals surface area contributed by atoms with Gasteiger partial charge in [0, 0.05) is 11.6 Å². The van der Waals surface area contributed by atoms with Gasteiger partial charge in [-0.2, -0.15) is 0 Å². The normalized spacial score (nSPS) is 10.7. The van der Waals surface area contributed by atoms with Gasteiger partial charge in [-0.3, -0.25) is 0 Å². The molecule has 0 aliphatic rings. The molecule has 19 heavy (non-hydrogen) atoms. The molecule has 0 saturated heterocycles. The summed E-state index contributed by atoms with van der Waals surface area (Å²) < 4.78 is 9.72. The highest BCUT2D eigenvalue weighted by atomic mass is 16.5. The van der Waals surface area contributed by atoms with Crippen LogP contribution >= 0.6 is 0 Å². The first-order chi connectivity index (χ1) is 9.22. The fraction of sp³-hybridized carbons (Fsp3) is 0.400. The molecular weight excluding hydrogens is 244 g/mol. The van der Waals surface area contributed by atoms with Gasteiger partial charge in [-0.1, -0.05) is 18.2 Å². The van der Waals surface area contributed by atoms with Crippen molar-refractivity contribution < 1.29 is 19.4 Å². The maximum Gasteiger partial charge on any atom is 0.330 e. The Morgan fingerprint density at radius 2 is 2.16 bits per heavy atom. The highest BCUT2D eigenvalue weighted by molar-refractivity contribution is 5.81. The molecule has 0 aromatic heterocycles. The molecule has 0 saturated carbocycles. The number of ether oxygens (including phenoxy) is 2. The van der Waals surface area contributed by atoms with E-state index in [4.69, 9.17) is 4.74 Å². The number of unbranched alkanes of at least 4 members (excludes halogenated alkanes) is 1. The van der Waals surface area contributed by atoms with Crippen molar-refractivity contribution in [2.45, 2.75) is 25.9 Å². The number of benzene rings is 1. The van der Waals surface area contributed by atoms with Crippen molar-refractivity contribution >= 4 is 5.97 Å². The molecule has 1 aromatic rings. The van der Waals surface area contributed by atoms with Crippen LogP contribution in [0.2, 0.25) is 0 Å². The lowest BCUT2D eigenvalue weighted by atomic mass is 10.0. The molecule has 0 atom stereocenters. The highest BCUT2D eigenvalue weighted by Crippen LogP contribution is 2.23. The van der Waals surface area contributed by atoms with Crippen LogP contribution in [0.4, 0.5) is 0 Å². The predicted octanol–water partition coefficient (Wildman–Crippen LogP) is 2.24. The van der Waals surface area contributed by atoms with Crippen molar-refractivity contribution in [2.75, 3.05) is 14.2 Å². The van der Waals surface area contributed by atoms with E-state index in [9.17, 15) is 9.90 Å². The van der Waals surface area contributed by atoms with Gasteiger partial charge in [-0.05, 0) is 30.9 Å². The molecule has 0 bridgehead atoms. The minimum Gasteiger partial charge on any atom is -0.496 e. The van der Waals surface area contributed by atoms with Crippen LogP contribution in [0.25, 0.3) is 0 Å². The summed E-state index contributed by atoms with van der Waals surface area (Å²) in [6.45, 7) is -0.0304. The van der Waals surface area contributed by atoms with Gasteiger partial charge in [-0.25, -0.2) is 4.79 Å². The van der Waals surface area contributed by atoms with Gasteiger partial charge in [0.1, 0.15) is 5.75 Å². The van der Waals surface area contributed by atoms with Crippen LogP contribution in [0.3, 0.4) is 0 Å². The summed E-state index contributed by atoms with van der Waals surface area (Å²) in [7, 11) is 2.95. The standard InChI is InChI=1S/C15H20O4/c1-18-14-9-6-8-12(13(14)11-16)7-4-3-5-10-15(17)19-2/h5-6,8-10,16H,3-4,7,11H2,1-2H3/b10-5+. The fourth-order valence-corrected chi connectivity index (χ4v) is 1.87. The van der Waals surface area contributed by atoms with Gasteiger partial charge < -0.3 is 14.6 Å². The van der Waals surface area contributed by atoms with Crippen molar-refractivity contribution in [3.63, 3.8) is 0 Å². The van der Waals surface area contributed by atoms with Crippen LogP contribution in [0.1, 0.15) is 24.0 Å². The second-order valence-corrected chi connectivity index (χ2v) is 4.07. The van der Waals surface area contributed by atoms with Crippen LogP contribution in [-0.4, -0.2) is 25.3 Å². The minimum absolute atomic E-state index is 0.0304. The van der Waals surface area contributed by atoms with Crippen LogP contribution in [-0.2, 0) is 22.6 Å². The maximum absolute atomic E-state index is 10.9. The first-order valence-electron chi connectivity index (χ1n) is 6.23. The summed E-state index contributed by atoms with van der Waals surface area (Å²) in [5.74, 6) is 0.377.